The zero-order valence-corrected chi connectivity index (χ0v) is 14.9. The first-order valence-corrected chi connectivity index (χ1v) is 8.64. The molecule has 0 saturated carbocycles. The Morgan fingerprint density at radius 1 is 1.38 bits per heavy atom. The van der Waals surface area contributed by atoms with E-state index in [1.807, 2.05) is 23.9 Å². The Bertz CT molecular complexity index is 696. The predicted molar refractivity (Wildman–Crippen MR) is 93.7 cm³/mol. The van der Waals surface area contributed by atoms with Crippen LogP contribution < -0.4 is 0 Å². The van der Waals surface area contributed by atoms with E-state index in [0.29, 0.717) is 41.8 Å². The summed E-state index contributed by atoms with van der Waals surface area (Å²) in [6.45, 7) is 4.25. The molecule has 0 bridgehead atoms. The van der Waals surface area contributed by atoms with Gasteiger partial charge in [0.1, 0.15) is 0 Å². The Morgan fingerprint density at radius 2 is 2.12 bits per heavy atom. The molecule has 2 aromatic rings. The van der Waals surface area contributed by atoms with Crippen LogP contribution in [0.5, 0.6) is 0 Å². The van der Waals surface area contributed by atoms with Crippen LogP contribution >= 0.6 is 23.2 Å². The van der Waals surface area contributed by atoms with Gasteiger partial charge in [-0.1, -0.05) is 23.2 Å². The average molecular weight is 368 g/mol. The second-order valence-electron chi connectivity index (χ2n) is 5.89. The number of ether oxygens (including phenoxy) is 1. The molecule has 1 atom stereocenters. The maximum atomic E-state index is 12.8. The van der Waals surface area contributed by atoms with Gasteiger partial charge in [-0.3, -0.25) is 9.48 Å². The van der Waals surface area contributed by atoms with Crippen molar-refractivity contribution in [3.8, 4) is 0 Å². The molecule has 0 spiro atoms. The van der Waals surface area contributed by atoms with Gasteiger partial charge >= 0.3 is 0 Å². The zero-order chi connectivity index (χ0) is 17.1. The fourth-order valence-electron chi connectivity index (χ4n) is 2.76. The standard InChI is InChI=1S/C17H19Cl2N3O2/c1-12-15(18)8-13(9-16(12)19)17(23)21-5-3-7-24-14(10-21)11-22-6-2-4-20-22/h2,4,6,8-9,14H,3,5,7,10-11H2,1H3/t14-/m0/s1. The van der Waals surface area contributed by atoms with E-state index in [9.17, 15) is 4.79 Å². The number of carbonyl (C=O) groups excluding carboxylic acids is 1. The highest BCUT2D eigenvalue weighted by atomic mass is 35.5. The number of carbonyl (C=O) groups is 1. The summed E-state index contributed by atoms with van der Waals surface area (Å²) in [5.74, 6) is -0.0743. The third-order valence-electron chi connectivity index (χ3n) is 4.11. The molecule has 5 nitrogen and oxygen atoms in total. The first kappa shape index (κ1) is 17.3. The lowest BCUT2D eigenvalue weighted by molar-refractivity contribution is 0.0367. The Balaban J connectivity index is 1.75. The third-order valence-corrected chi connectivity index (χ3v) is 4.90. The molecule has 24 heavy (non-hydrogen) atoms. The first-order chi connectivity index (χ1) is 11.5. The number of aromatic nitrogens is 2. The maximum absolute atomic E-state index is 12.8. The van der Waals surface area contributed by atoms with Crippen LogP contribution in [0.4, 0.5) is 0 Å². The number of halogens is 2. The molecular weight excluding hydrogens is 349 g/mol. The molecule has 3 rings (SSSR count). The number of hydrogen-bond acceptors (Lipinski definition) is 3. The fraction of sp³-hybridized carbons (Fsp3) is 0.412. The normalized spacial score (nSPS) is 18.5. The zero-order valence-electron chi connectivity index (χ0n) is 13.4. The second-order valence-corrected chi connectivity index (χ2v) is 6.70. The van der Waals surface area contributed by atoms with Gasteiger partial charge in [0, 0.05) is 47.7 Å². The van der Waals surface area contributed by atoms with E-state index in [-0.39, 0.29) is 12.0 Å². The lowest BCUT2D eigenvalue weighted by atomic mass is 10.1. The summed E-state index contributed by atoms with van der Waals surface area (Å²) in [5.41, 5.74) is 1.29. The molecule has 0 radical (unpaired) electrons. The molecule has 7 heteroatoms. The molecular formula is C17H19Cl2N3O2. The minimum atomic E-state index is -0.0901. The smallest absolute Gasteiger partial charge is 0.254 e. The van der Waals surface area contributed by atoms with Crippen molar-refractivity contribution in [2.75, 3.05) is 19.7 Å². The van der Waals surface area contributed by atoms with Gasteiger partial charge < -0.3 is 9.64 Å². The predicted octanol–water partition coefficient (Wildman–Crippen LogP) is 3.43. The van der Waals surface area contributed by atoms with Gasteiger partial charge in [-0.05, 0) is 37.1 Å². The van der Waals surface area contributed by atoms with Crippen LogP contribution in [0.2, 0.25) is 10.0 Å². The SMILES string of the molecule is Cc1c(Cl)cc(C(=O)N2CCCO[C@H](Cn3cccn3)C2)cc1Cl. The highest BCUT2D eigenvalue weighted by molar-refractivity contribution is 6.36. The molecule has 1 saturated heterocycles. The Hall–Kier alpha value is -1.56. The maximum Gasteiger partial charge on any atom is 0.254 e. The van der Waals surface area contributed by atoms with Crippen LogP contribution in [0.3, 0.4) is 0 Å². The van der Waals surface area contributed by atoms with Crippen molar-refractivity contribution in [2.45, 2.75) is 26.0 Å². The van der Waals surface area contributed by atoms with Crippen LogP contribution in [-0.2, 0) is 11.3 Å². The van der Waals surface area contributed by atoms with E-state index in [0.717, 1.165) is 12.0 Å². The van der Waals surface area contributed by atoms with Gasteiger partial charge in [-0.2, -0.15) is 5.10 Å². The van der Waals surface area contributed by atoms with Gasteiger partial charge in [-0.15, -0.1) is 0 Å². The van der Waals surface area contributed by atoms with Crippen molar-refractivity contribution in [3.63, 3.8) is 0 Å². The lowest BCUT2D eigenvalue weighted by Gasteiger charge is -2.24. The summed E-state index contributed by atoms with van der Waals surface area (Å²) in [6.07, 6.45) is 4.33. The molecule has 1 aromatic carbocycles. The molecule has 2 heterocycles. The number of rotatable bonds is 3. The monoisotopic (exact) mass is 367 g/mol. The highest BCUT2D eigenvalue weighted by Gasteiger charge is 2.24. The van der Waals surface area contributed by atoms with Crippen molar-refractivity contribution in [2.24, 2.45) is 0 Å². The van der Waals surface area contributed by atoms with Gasteiger partial charge in [0.2, 0.25) is 0 Å². The van der Waals surface area contributed by atoms with Crippen molar-refractivity contribution in [1.29, 1.82) is 0 Å². The van der Waals surface area contributed by atoms with Gasteiger partial charge in [0.15, 0.2) is 0 Å². The Kier molecular flexibility index (Phi) is 5.43. The molecule has 1 aliphatic rings. The molecule has 1 aromatic heterocycles. The lowest BCUT2D eigenvalue weighted by Crippen LogP contribution is -2.38. The van der Waals surface area contributed by atoms with Crippen molar-refractivity contribution >= 4 is 29.1 Å². The minimum absolute atomic E-state index is 0.0743. The Morgan fingerprint density at radius 3 is 2.79 bits per heavy atom. The topological polar surface area (TPSA) is 47.4 Å². The second kappa shape index (κ2) is 7.55. The van der Waals surface area contributed by atoms with Crippen molar-refractivity contribution in [1.82, 2.24) is 14.7 Å². The van der Waals surface area contributed by atoms with Crippen LogP contribution in [0, 0.1) is 6.92 Å². The molecule has 1 amide bonds. The molecule has 128 valence electrons. The van der Waals surface area contributed by atoms with Crippen LogP contribution in [0.1, 0.15) is 22.3 Å². The fourth-order valence-corrected chi connectivity index (χ4v) is 3.25. The van der Waals surface area contributed by atoms with Gasteiger partial charge in [-0.25, -0.2) is 0 Å². The van der Waals surface area contributed by atoms with Gasteiger partial charge in [0.25, 0.3) is 5.91 Å². The van der Waals surface area contributed by atoms with E-state index >= 15 is 0 Å². The molecule has 0 unspecified atom stereocenters. The molecule has 0 aliphatic carbocycles. The summed E-state index contributed by atoms with van der Waals surface area (Å²) in [7, 11) is 0. The molecule has 1 fully saturated rings. The first-order valence-electron chi connectivity index (χ1n) is 7.88. The number of benzene rings is 1. The minimum Gasteiger partial charge on any atom is -0.374 e. The van der Waals surface area contributed by atoms with Crippen LogP contribution in [0.25, 0.3) is 0 Å². The van der Waals surface area contributed by atoms with Crippen LogP contribution in [-0.4, -0.2) is 46.4 Å². The van der Waals surface area contributed by atoms with E-state index < -0.39 is 0 Å². The highest BCUT2D eigenvalue weighted by Crippen LogP contribution is 2.26. The number of amides is 1. The average Bonchev–Trinajstić information content (AvgIpc) is 2.95. The molecule has 0 N–H and O–H groups in total. The number of nitrogens with zero attached hydrogens (tertiary/aromatic N) is 3. The summed E-state index contributed by atoms with van der Waals surface area (Å²) < 4.78 is 7.67. The molecule has 1 aliphatic heterocycles. The van der Waals surface area contributed by atoms with E-state index in [1.54, 1.807) is 23.2 Å². The summed E-state index contributed by atoms with van der Waals surface area (Å²) in [6, 6.07) is 5.23. The van der Waals surface area contributed by atoms with Crippen molar-refractivity contribution in [3.05, 3.63) is 51.8 Å². The van der Waals surface area contributed by atoms with E-state index in [4.69, 9.17) is 27.9 Å². The quantitative estimate of drug-likeness (QED) is 0.834. The Labute approximate surface area is 151 Å². The van der Waals surface area contributed by atoms with E-state index in [2.05, 4.69) is 5.10 Å². The summed E-state index contributed by atoms with van der Waals surface area (Å²) >= 11 is 12.3. The third kappa shape index (κ3) is 3.91. The largest absolute Gasteiger partial charge is 0.374 e. The van der Waals surface area contributed by atoms with Crippen molar-refractivity contribution < 1.29 is 9.53 Å². The summed E-state index contributed by atoms with van der Waals surface area (Å²) in [4.78, 5) is 14.7. The number of hydrogen-bond donors (Lipinski definition) is 0. The van der Waals surface area contributed by atoms with Gasteiger partial charge in [0.05, 0.1) is 12.6 Å². The van der Waals surface area contributed by atoms with E-state index in [1.165, 1.54) is 0 Å². The van der Waals surface area contributed by atoms with Crippen LogP contribution in [0.15, 0.2) is 30.6 Å². The summed E-state index contributed by atoms with van der Waals surface area (Å²) in [5, 5.41) is 5.21.